The molecule has 1 aromatic carbocycles. The Morgan fingerprint density at radius 3 is 2.75 bits per heavy atom. The van der Waals surface area contributed by atoms with Gasteiger partial charge in [0.05, 0.1) is 4.92 Å². The molecule has 16 heavy (non-hydrogen) atoms. The number of nitrogens with two attached hydrogens (primary N) is 1. The Morgan fingerprint density at radius 1 is 1.50 bits per heavy atom. The lowest BCUT2D eigenvalue weighted by Gasteiger charge is -2.10. The van der Waals surface area contributed by atoms with Crippen LogP contribution in [0.4, 0.5) is 5.69 Å². The molecule has 0 spiro atoms. The zero-order chi connectivity index (χ0) is 12.1. The van der Waals surface area contributed by atoms with Gasteiger partial charge in [-0.05, 0) is 25.3 Å². The second-order valence-corrected chi connectivity index (χ2v) is 4.14. The van der Waals surface area contributed by atoms with E-state index >= 15 is 0 Å². The van der Waals surface area contributed by atoms with E-state index < -0.39 is 0 Å². The van der Waals surface area contributed by atoms with Gasteiger partial charge in [-0.2, -0.15) is 0 Å². The molecule has 0 fully saturated rings. The van der Waals surface area contributed by atoms with Gasteiger partial charge in [-0.15, -0.1) is 0 Å². The zero-order valence-electron chi connectivity index (χ0n) is 9.77. The maximum absolute atomic E-state index is 10.9. The van der Waals surface area contributed by atoms with Crippen LogP contribution in [0.3, 0.4) is 0 Å². The highest BCUT2D eigenvalue weighted by Gasteiger charge is 2.15. The molecule has 0 aromatic heterocycles. The van der Waals surface area contributed by atoms with Gasteiger partial charge in [0.2, 0.25) is 0 Å². The van der Waals surface area contributed by atoms with Gasteiger partial charge in [-0.1, -0.05) is 25.5 Å². The van der Waals surface area contributed by atoms with E-state index in [0.717, 1.165) is 24.0 Å². The molecule has 1 rings (SSSR count). The van der Waals surface area contributed by atoms with Gasteiger partial charge in [-0.25, -0.2) is 0 Å². The third-order valence-corrected chi connectivity index (χ3v) is 2.58. The van der Waals surface area contributed by atoms with Gasteiger partial charge in [0.1, 0.15) is 0 Å². The summed E-state index contributed by atoms with van der Waals surface area (Å²) in [6, 6.07) is 5.31. The van der Waals surface area contributed by atoms with E-state index in [-0.39, 0.29) is 16.7 Å². The molecule has 0 amide bonds. The van der Waals surface area contributed by atoms with Gasteiger partial charge >= 0.3 is 0 Å². The van der Waals surface area contributed by atoms with Crippen LogP contribution in [0.25, 0.3) is 0 Å². The Bertz CT molecular complexity index is 377. The standard InChI is InChI=1S/C12H18N2O2/c1-3-4-11(13)8-10-6-5-9(2)7-12(10)14(15)16/h5-7,11H,3-4,8,13H2,1-2H3. The van der Waals surface area contributed by atoms with Crippen molar-refractivity contribution in [3.05, 3.63) is 39.4 Å². The van der Waals surface area contributed by atoms with E-state index in [4.69, 9.17) is 5.73 Å². The van der Waals surface area contributed by atoms with Crippen molar-refractivity contribution in [2.75, 3.05) is 0 Å². The van der Waals surface area contributed by atoms with Gasteiger partial charge in [0.25, 0.3) is 5.69 Å². The zero-order valence-corrected chi connectivity index (χ0v) is 9.77. The highest BCUT2D eigenvalue weighted by Crippen LogP contribution is 2.21. The summed E-state index contributed by atoms with van der Waals surface area (Å²) in [5, 5.41) is 10.9. The molecule has 0 heterocycles. The molecular weight excluding hydrogens is 204 g/mol. The van der Waals surface area contributed by atoms with Crippen molar-refractivity contribution in [2.45, 2.75) is 39.2 Å². The fraction of sp³-hybridized carbons (Fsp3) is 0.500. The molecule has 0 saturated heterocycles. The molecule has 4 nitrogen and oxygen atoms in total. The summed E-state index contributed by atoms with van der Waals surface area (Å²) in [5.41, 5.74) is 7.72. The Labute approximate surface area is 95.6 Å². The minimum atomic E-state index is -0.332. The molecule has 0 aliphatic carbocycles. The van der Waals surface area contributed by atoms with E-state index in [1.165, 1.54) is 0 Å². The van der Waals surface area contributed by atoms with Crippen molar-refractivity contribution < 1.29 is 4.92 Å². The number of hydrogen-bond acceptors (Lipinski definition) is 3. The molecule has 2 N–H and O–H groups in total. The molecule has 0 saturated carbocycles. The number of aryl methyl sites for hydroxylation is 1. The molecule has 0 bridgehead atoms. The fourth-order valence-corrected chi connectivity index (χ4v) is 1.77. The quantitative estimate of drug-likeness (QED) is 0.615. The number of nitro benzene ring substituents is 1. The highest BCUT2D eigenvalue weighted by atomic mass is 16.6. The molecule has 88 valence electrons. The molecular formula is C12H18N2O2. The minimum Gasteiger partial charge on any atom is -0.327 e. The van der Waals surface area contributed by atoms with Crippen LogP contribution in [0.5, 0.6) is 0 Å². The van der Waals surface area contributed by atoms with E-state index in [1.54, 1.807) is 6.07 Å². The fourth-order valence-electron chi connectivity index (χ4n) is 1.77. The second kappa shape index (κ2) is 5.61. The van der Waals surface area contributed by atoms with Crippen LogP contribution >= 0.6 is 0 Å². The van der Waals surface area contributed by atoms with Crippen molar-refractivity contribution >= 4 is 5.69 Å². The van der Waals surface area contributed by atoms with Crippen LogP contribution in [0.2, 0.25) is 0 Å². The Hall–Kier alpha value is -1.42. The Balaban J connectivity index is 2.90. The van der Waals surface area contributed by atoms with Crippen LogP contribution in [0, 0.1) is 17.0 Å². The second-order valence-electron chi connectivity index (χ2n) is 4.14. The van der Waals surface area contributed by atoms with Crippen LogP contribution < -0.4 is 5.73 Å². The first kappa shape index (κ1) is 12.6. The monoisotopic (exact) mass is 222 g/mol. The van der Waals surface area contributed by atoms with E-state index in [0.29, 0.717) is 6.42 Å². The summed E-state index contributed by atoms with van der Waals surface area (Å²) in [6.45, 7) is 3.91. The third kappa shape index (κ3) is 3.31. The third-order valence-electron chi connectivity index (χ3n) is 2.58. The molecule has 0 radical (unpaired) electrons. The van der Waals surface area contributed by atoms with Crippen LogP contribution in [-0.4, -0.2) is 11.0 Å². The number of benzene rings is 1. The average molecular weight is 222 g/mol. The summed E-state index contributed by atoms with van der Waals surface area (Å²) >= 11 is 0. The average Bonchev–Trinajstić information content (AvgIpc) is 2.20. The normalized spacial score (nSPS) is 12.4. The first-order valence-electron chi connectivity index (χ1n) is 5.54. The molecule has 1 aromatic rings. The van der Waals surface area contributed by atoms with Crippen molar-refractivity contribution in [3.63, 3.8) is 0 Å². The number of rotatable bonds is 5. The predicted molar refractivity (Wildman–Crippen MR) is 64.4 cm³/mol. The molecule has 0 aliphatic heterocycles. The van der Waals surface area contributed by atoms with Crippen LogP contribution in [0.1, 0.15) is 30.9 Å². The van der Waals surface area contributed by atoms with Gasteiger partial charge in [0.15, 0.2) is 0 Å². The van der Waals surface area contributed by atoms with E-state index in [1.807, 2.05) is 19.1 Å². The summed E-state index contributed by atoms with van der Waals surface area (Å²) in [4.78, 5) is 10.5. The Morgan fingerprint density at radius 2 is 2.19 bits per heavy atom. The highest BCUT2D eigenvalue weighted by molar-refractivity contribution is 5.43. The predicted octanol–water partition coefficient (Wildman–Crippen LogP) is 2.57. The smallest absolute Gasteiger partial charge is 0.272 e. The number of hydrogen-bond donors (Lipinski definition) is 1. The van der Waals surface area contributed by atoms with Gasteiger partial charge in [0, 0.05) is 17.7 Å². The van der Waals surface area contributed by atoms with Crippen molar-refractivity contribution in [2.24, 2.45) is 5.73 Å². The number of nitro groups is 1. The van der Waals surface area contributed by atoms with Crippen molar-refractivity contribution in [3.8, 4) is 0 Å². The largest absolute Gasteiger partial charge is 0.327 e. The van der Waals surface area contributed by atoms with E-state index in [2.05, 4.69) is 6.92 Å². The summed E-state index contributed by atoms with van der Waals surface area (Å²) in [6.07, 6.45) is 2.47. The lowest BCUT2D eigenvalue weighted by molar-refractivity contribution is -0.385. The summed E-state index contributed by atoms with van der Waals surface area (Å²) in [7, 11) is 0. The SMILES string of the molecule is CCCC(N)Cc1ccc(C)cc1[N+](=O)[O-]. The van der Waals surface area contributed by atoms with Crippen LogP contribution in [-0.2, 0) is 6.42 Å². The van der Waals surface area contributed by atoms with E-state index in [9.17, 15) is 10.1 Å². The molecule has 0 aliphatic rings. The Kier molecular flexibility index (Phi) is 4.43. The number of nitrogens with zero attached hydrogens (tertiary/aromatic N) is 1. The molecule has 1 unspecified atom stereocenters. The lowest BCUT2D eigenvalue weighted by Crippen LogP contribution is -2.22. The van der Waals surface area contributed by atoms with Gasteiger partial charge in [-0.3, -0.25) is 10.1 Å². The van der Waals surface area contributed by atoms with Crippen molar-refractivity contribution in [1.29, 1.82) is 0 Å². The topological polar surface area (TPSA) is 69.2 Å². The minimum absolute atomic E-state index is 0.00593. The maximum Gasteiger partial charge on any atom is 0.272 e. The summed E-state index contributed by atoms with van der Waals surface area (Å²) in [5.74, 6) is 0. The molecule has 1 atom stereocenters. The molecule has 4 heteroatoms. The lowest BCUT2D eigenvalue weighted by atomic mass is 10.0. The first-order valence-corrected chi connectivity index (χ1v) is 5.54. The van der Waals surface area contributed by atoms with Gasteiger partial charge < -0.3 is 5.73 Å². The maximum atomic E-state index is 10.9. The van der Waals surface area contributed by atoms with Crippen LogP contribution in [0.15, 0.2) is 18.2 Å². The first-order chi connectivity index (χ1) is 7.54. The van der Waals surface area contributed by atoms with Crippen molar-refractivity contribution in [1.82, 2.24) is 0 Å². The summed E-state index contributed by atoms with van der Waals surface area (Å²) < 4.78 is 0.